The third-order valence-electron chi connectivity index (χ3n) is 2.65. The zero-order valence-corrected chi connectivity index (χ0v) is 11.3. The highest BCUT2D eigenvalue weighted by Crippen LogP contribution is 2.13. The fraction of sp³-hybridized carbons (Fsp3) is 0.400. The first kappa shape index (κ1) is 12.8. The Labute approximate surface area is 106 Å². The predicted octanol–water partition coefficient (Wildman–Crippen LogP) is 0.272. The number of imidazole rings is 2. The molecular formula is C10H15N5O2S. The summed E-state index contributed by atoms with van der Waals surface area (Å²) in [5.41, 5.74) is 0. The van der Waals surface area contributed by atoms with Crippen LogP contribution in [0.5, 0.6) is 0 Å². The molecule has 1 N–H and O–H groups in total. The first-order chi connectivity index (χ1) is 8.41. The minimum absolute atomic E-state index is 0.0942. The number of sulfonamides is 1. The van der Waals surface area contributed by atoms with Crippen LogP contribution < -0.4 is 0 Å². The van der Waals surface area contributed by atoms with E-state index >= 15 is 0 Å². The van der Waals surface area contributed by atoms with E-state index in [1.807, 2.05) is 7.05 Å². The summed E-state index contributed by atoms with van der Waals surface area (Å²) in [7, 11) is -0.212. The number of aryl methyl sites for hydroxylation is 2. The van der Waals surface area contributed by atoms with Crippen molar-refractivity contribution < 1.29 is 8.42 Å². The zero-order chi connectivity index (χ0) is 13.3. The molecule has 8 heteroatoms. The van der Waals surface area contributed by atoms with Gasteiger partial charge in [-0.25, -0.2) is 18.4 Å². The van der Waals surface area contributed by atoms with Crippen LogP contribution >= 0.6 is 0 Å². The van der Waals surface area contributed by atoms with Gasteiger partial charge >= 0.3 is 0 Å². The fourth-order valence-corrected chi connectivity index (χ4v) is 2.61. The van der Waals surface area contributed by atoms with Crippen LogP contribution in [0.4, 0.5) is 0 Å². The van der Waals surface area contributed by atoms with Crippen LogP contribution in [0.1, 0.15) is 11.6 Å². The molecule has 0 fully saturated rings. The van der Waals surface area contributed by atoms with Crippen LogP contribution in [0.2, 0.25) is 0 Å². The summed E-state index contributed by atoms with van der Waals surface area (Å²) in [5, 5.41) is 0.0942. The van der Waals surface area contributed by atoms with Gasteiger partial charge in [0.15, 0.2) is 5.03 Å². The molecule has 2 rings (SSSR count). The Morgan fingerprint density at radius 2 is 2.17 bits per heavy atom. The van der Waals surface area contributed by atoms with Crippen molar-refractivity contribution in [1.82, 2.24) is 23.8 Å². The second-order valence-corrected chi connectivity index (χ2v) is 6.06. The SMILES string of the molecule is Cc1ncc(S(=O)(=O)N(C)Cc2nccn2C)[nH]1. The Balaban J connectivity index is 2.23. The number of H-pyrrole nitrogens is 1. The summed E-state index contributed by atoms with van der Waals surface area (Å²) >= 11 is 0. The highest BCUT2D eigenvalue weighted by Gasteiger charge is 2.23. The molecule has 0 radical (unpaired) electrons. The minimum Gasteiger partial charge on any atom is -0.337 e. The molecule has 0 aliphatic rings. The van der Waals surface area contributed by atoms with Crippen LogP contribution in [0.15, 0.2) is 23.6 Å². The van der Waals surface area contributed by atoms with Gasteiger partial charge in [0, 0.05) is 26.5 Å². The molecule has 2 aromatic rings. The van der Waals surface area contributed by atoms with Crippen LogP contribution in [0, 0.1) is 6.92 Å². The van der Waals surface area contributed by atoms with Gasteiger partial charge < -0.3 is 9.55 Å². The Bertz CT molecular complexity index is 643. The summed E-state index contributed by atoms with van der Waals surface area (Å²) in [4.78, 5) is 10.7. The Kier molecular flexibility index (Phi) is 3.22. The molecule has 98 valence electrons. The van der Waals surface area contributed by atoms with Crippen molar-refractivity contribution in [3.63, 3.8) is 0 Å². The lowest BCUT2D eigenvalue weighted by atomic mass is 10.6. The van der Waals surface area contributed by atoms with Crippen molar-refractivity contribution in [2.75, 3.05) is 7.05 Å². The van der Waals surface area contributed by atoms with E-state index in [9.17, 15) is 8.42 Å². The molecule has 0 amide bonds. The molecule has 0 saturated heterocycles. The molecule has 0 spiro atoms. The lowest BCUT2D eigenvalue weighted by Crippen LogP contribution is -2.28. The van der Waals surface area contributed by atoms with Gasteiger partial charge in [0.25, 0.3) is 10.0 Å². The summed E-state index contributed by atoms with van der Waals surface area (Å²) in [6, 6.07) is 0. The van der Waals surface area contributed by atoms with Gasteiger partial charge in [-0.05, 0) is 6.92 Å². The maximum absolute atomic E-state index is 12.2. The van der Waals surface area contributed by atoms with Gasteiger partial charge in [0.1, 0.15) is 11.6 Å². The van der Waals surface area contributed by atoms with Gasteiger partial charge in [0.2, 0.25) is 0 Å². The standard InChI is InChI=1S/C10H15N5O2S/c1-8-12-6-10(13-8)18(16,17)15(3)7-9-11-4-5-14(9)2/h4-6H,7H2,1-3H3,(H,12,13). The van der Waals surface area contributed by atoms with Crippen molar-refractivity contribution in [3.05, 3.63) is 30.2 Å². The van der Waals surface area contributed by atoms with Crippen LogP contribution in [-0.4, -0.2) is 39.3 Å². The van der Waals surface area contributed by atoms with Crippen LogP contribution in [0.25, 0.3) is 0 Å². The molecule has 0 aromatic carbocycles. The lowest BCUT2D eigenvalue weighted by molar-refractivity contribution is 0.449. The Morgan fingerprint density at radius 1 is 1.44 bits per heavy atom. The first-order valence-corrected chi connectivity index (χ1v) is 6.79. The third-order valence-corrected chi connectivity index (χ3v) is 4.37. The molecule has 2 heterocycles. The summed E-state index contributed by atoms with van der Waals surface area (Å²) in [6.07, 6.45) is 4.73. The second-order valence-electron chi connectivity index (χ2n) is 4.05. The van der Waals surface area contributed by atoms with E-state index in [1.54, 1.807) is 23.9 Å². The van der Waals surface area contributed by atoms with E-state index in [-0.39, 0.29) is 11.6 Å². The average molecular weight is 269 g/mol. The molecule has 2 aromatic heterocycles. The van der Waals surface area contributed by atoms with E-state index in [0.717, 1.165) is 0 Å². The minimum atomic E-state index is -3.55. The monoisotopic (exact) mass is 269 g/mol. The smallest absolute Gasteiger partial charge is 0.260 e. The van der Waals surface area contributed by atoms with E-state index < -0.39 is 10.0 Å². The van der Waals surface area contributed by atoms with Gasteiger partial charge in [0.05, 0.1) is 12.7 Å². The predicted molar refractivity (Wildman–Crippen MR) is 65.2 cm³/mol. The molecule has 0 atom stereocenters. The summed E-state index contributed by atoms with van der Waals surface area (Å²) in [6.45, 7) is 1.92. The van der Waals surface area contributed by atoms with Crippen molar-refractivity contribution in [3.8, 4) is 0 Å². The maximum atomic E-state index is 12.2. The summed E-state index contributed by atoms with van der Waals surface area (Å²) in [5.74, 6) is 1.25. The van der Waals surface area contributed by atoms with Crippen molar-refractivity contribution >= 4 is 10.0 Å². The van der Waals surface area contributed by atoms with Crippen molar-refractivity contribution in [1.29, 1.82) is 0 Å². The third kappa shape index (κ3) is 2.29. The van der Waals surface area contributed by atoms with Crippen molar-refractivity contribution in [2.45, 2.75) is 18.5 Å². The highest BCUT2D eigenvalue weighted by molar-refractivity contribution is 7.89. The fourth-order valence-electron chi connectivity index (χ4n) is 1.53. The molecule has 0 aliphatic carbocycles. The van der Waals surface area contributed by atoms with E-state index in [1.165, 1.54) is 17.5 Å². The second kappa shape index (κ2) is 4.54. The molecule has 0 saturated carbocycles. The number of hydrogen-bond acceptors (Lipinski definition) is 4. The normalized spacial score (nSPS) is 12.2. The lowest BCUT2D eigenvalue weighted by Gasteiger charge is -2.15. The Morgan fingerprint density at radius 3 is 2.67 bits per heavy atom. The number of rotatable bonds is 4. The van der Waals surface area contributed by atoms with E-state index in [2.05, 4.69) is 15.0 Å². The quantitative estimate of drug-likeness (QED) is 0.863. The van der Waals surface area contributed by atoms with Crippen molar-refractivity contribution in [2.24, 2.45) is 7.05 Å². The average Bonchev–Trinajstić information content (AvgIpc) is 2.89. The maximum Gasteiger partial charge on any atom is 0.260 e. The van der Waals surface area contributed by atoms with Gasteiger partial charge in [-0.1, -0.05) is 0 Å². The van der Waals surface area contributed by atoms with E-state index in [4.69, 9.17) is 0 Å². The van der Waals surface area contributed by atoms with Gasteiger partial charge in [-0.2, -0.15) is 4.31 Å². The van der Waals surface area contributed by atoms with Crippen LogP contribution in [-0.2, 0) is 23.6 Å². The number of nitrogens with one attached hydrogen (secondary N) is 1. The molecule has 0 aliphatic heterocycles. The van der Waals surface area contributed by atoms with Crippen LogP contribution in [0.3, 0.4) is 0 Å². The molecule has 18 heavy (non-hydrogen) atoms. The zero-order valence-electron chi connectivity index (χ0n) is 10.5. The van der Waals surface area contributed by atoms with E-state index in [0.29, 0.717) is 11.6 Å². The number of nitrogens with zero attached hydrogens (tertiary/aromatic N) is 4. The van der Waals surface area contributed by atoms with Gasteiger partial charge in [-0.3, -0.25) is 0 Å². The number of aromatic nitrogens is 4. The van der Waals surface area contributed by atoms with Gasteiger partial charge in [-0.15, -0.1) is 0 Å². The summed E-state index contributed by atoms with van der Waals surface area (Å²) < 4.78 is 27.4. The molecular weight excluding hydrogens is 254 g/mol. The topological polar surface area (TPSA) is 83.9 Å². The molecule has 0 bridgehead atoms. The first-order valence-electron chi connectivity index (χ1n) is 5.35. The largest absolute Gasteiger partial charge is 0.337 e. The Hall–Kier alpha value is -1.67. The number of hydrogen-bond donors (Lipinski definition) is 1. The highest BCUT2D eigenvalue weighted by atomic mass is 32.2. The number of aromatic amines is 1. The molecule has 7 nitrogen and oxygen atoms in total. The molecule has 0 unspecified atom stereocenters.